The Morgan fingerprint density at radius 3 is 2.23 bits per heavy atom. The number of furan rings is 1. The number of hydrogen-bond acceptors (Lipinski definition) is 3. The lowest BCUT2D eigenvalue weighted by atomic mass is 10.1. The molecule has 4 heteroatoms. The van der Waals surface area contributed by atoms with E-state index in [-0.39, 0.29) is 18.4 Å². The molecular formula is C22H21NO3. The SMILES string of the molecule is CCCCCc1oc2ccccc2c1CN1C(=O)c2ccccc2C1=O. The monoisotopic (exact) mass is 347 g/mol. The van der Waals surface area contributed by atoms with E-state index in [4.69, 9.17) is 4.42 Å². The number of imide groups is 1. The number of rotatable bonds is 6. The van der Waals surface area contributed by atoms with Crippen molar-refractivity contribution in [1.82, 2.24) is 4.90 Å². The van der Waals surface area contributed by atoms with Crippen LogP contribution >= 0.6 is 0 Å². The fraction of sp³-hybridized carbons (Fsp3) is 0.273. The molecule has 1 aromatic heterocycles. The molecule has 0 N–H and O–H groups in total. The average Bonchev–Trinajstić information content (AvgIpc) is 3.13. The summed E-state index contributed by atoms with van der Waals surface area (Å²) in [5.74, 6) is 0.432. The number of benzene rings is 2. The first-order valence-electron chi connectivity index (χ1n) is 9.15. The Morgan fingerprint density at radius 1 is 0.885 bits per heavy atom. The van der Waals surface area contributed by atoms with E-state index in [1.54, 1.807) is 24.3 Å². The number of nitrogens with zero attached hydrogens (tertiary/aromatic N) is 1. The van der Waals surface area contributed by atoms with E-state index in [0.29, 0.717) is 11.1 Å². The van der Waals surface area contributed by atoms with Gasteiger partial charge in [-0.1, -0.05) is 50.1 Å². The van der Waals surface area contributed by atoms with Gasteiger partial charge in [0.15, 0.2) is 0 Å². The van der Waals surface area contributed by atoms with Gasteiger partial charge < -0.3 is 4.42 Å². The zero-order valence-corrected chi connectivity index (χ0v) is 14.8. The van der Waals surface area contributed by atoms with Gasteiger partial charge >= 0.3 is 0 Å². The summed E-state index contributed by atoms with van der Waals surface area (Å²) >= 11 is 0. The van der Waals surface area contributed by atoms with Crippen molar-refractivity contribution in [1.29, 1.82) is 0 Å². The highest BCUT2D eigenvalue weighted by Gasteiger charge is 2.36. The summed E-state index contributed by atoms with van der Waals surface area (Å²) in [6.07, 6.45) is 4.12. The molecule has 2 amide bonds. The van der Waals surface area contributed by atoms with Gasteiger partial charge in [-0.3, -0.25) is 14.5 Å². The maximum atomic E-state index is 12.7. The molecule has 0 aliphatic carbocycles. The minimum absolute atomic E-state index is 0.226. The lowest BCUT2D eigenvalue weighted by Crippen LogP contribution is -2.29. The van der Waals surface area contributed by atoms with E-state index >= 15 is 0 Å². The summed E-state index contributed by atoms with van der Waals surface area (Å²) in [7, 11) is 0. The van der Waals surface area contributed by atoms with E-state index in [2.05, 4.69) is 6.92 Å². The second-order valence-electron chi connectivity index (χ2n) is 6.70. The van der Waals surface area contributed by atoms with Crippen LogP contribution in [0.2, 0.25) is 0 Å². The van der Waals surface area contributed by atoms with Crippen molar-refractivity contribution in [2.24, 2.45) is 0 Å². The van der Waals surface area contributed by atoms with Gasteiger partial charge in [0.1, 0.15) is 11.3 Å². The molecular weight excluding hydrogens is 326 g/mol. The number of carbonyl (C=O) groups is 2. The third kappa shape index (κ3) is 2.71. The molecule has 4 rings (SSSR count). The van der Waals surface area contributed by atoms with Gasteiger partial charge in [-0.05, 0) is 24.6 Å². The molecule has 132 valence electrons. The molecule has 0 atom stereocenters. The molecule has 2 aromatic carbocycles. The van der Waals surface area contributed by atoms with Gasteiger partial charge in [-0.15, -0.1) is 0 Å². The molecule has 0 unspecified atom stereocenters. The number of aryl methyl sites for hydroxylation is 1. The van der Waals surface area contributed by atoms with E-state index in [9.17, 15) is 9.59 Å². The summed E-state index contributed by atoms with van der Waals surface area (Å²) in [5, 5.41) is 0.982. The molecule has 3 aromatic rings. The lowest BCUT2D eigenvalue weighted by molar-refractivity contribution is 0.0642. The topological polar surface area (TPSA) is 50.5 Å². The summed E-state index contributed by atoms with van der Waals surface area (Å²) < 4.78 is 6.05. The number of amides is 2. The number of hydrogen-bond donors (Lipinski definition) is 0. The first-order valence-corrected chi connectivity index (χ1v) is 9.15. The molecule has 1 aliphatic rings. The van der Waals surface area contributed by atoms with Crippen LogP contribution in [0.25, 0.3) is 11.0 Å². The number of carbonyl (C=O) groups excluding carboxylic acids is 2. The Bertz CT molecular complexity index is 951. The average molecular weight is 347 g/mol. The quantitative estimate of drug-likeness (QED) is 0.468. The third-order valence-electron chi connectivity index (χ3n) is 4.98. The second-order valence-corrected chi connectivity index (χ2v) is 6.70. The number of fused-ring (bicyclic) bond motifs is 2. The molecule has 26 heavy (non-hydrogen) atoms. The van der Waals surface area contributed by atoms with Crippen LogP contribution in [0.3, 0.4) is 0 Å². The first-order chi connectivity index (χ1) is 12.7. The van der Waals surface area contributed by atoms with Crippen LogP contribution in [-0.4, -0.2) is 16.7 Å². The van der Waals surface area contributed by atoms with Crippen molar-refractivity contribution in [3.8, 4) is 0 Å². The van der Waals surface area contributed by atoms with Gasteiger partial charge in [0.25, 0.3) is 11.8 Å². The maximum Gasteiger partial charge on any atom is 0.261 e. The van der Waals surface area contributed by atoms with Crippen molar-refractivity contribution in [2.45, 2.75) is 39.2 Å². The number of unbranched alkanes of at least 4 members (excludes halogenated alkanes) is 2. The van der Waals surface area contributed by atoms with E-state index in [0.717, 1.165) is 48.0 Å². The molecule has 0 bridgehead atoms. The summed E-state index contributed by atoms with van der Waals surface area (Å²) in [6, 6.07) is 14.8. The predicted octanol–water partition coefficient (Wildman–Crippen LogP) is 4.96. The second kappa shape index (κ2) is 6.79. The highest BCUT2D eigenvalue weighted by molar-refractivity contribution is 6.21. The fourth-order valence-electron chi connectivity index (χ4n) is 3.60. The zero-order valence-electron chi connectivity index (χ0n) is 14.8. The Hall–Kier alpha value is -2.88. The van der Waals surface area contributed by atoms with Crippen LogP contribution in [0, 0.1) is 0 Å². The highest BCUT2D eigenvalue weighted by Crippen LogP contribution is 2.31. The molecule has 0 saturated heterocycles. The standard InChI is InChI=1S/C22H21NO3/c1-2-3-4-12-20-18(15-9-7-8-13-19(15)26-20)14-23-21(24)16-10-5-6-11-17(16)22(23)25/h5-11,13H,2-4,12,14H2,1H3. The third-order valence-corrected chi connectivity index (χ3v) is 4.98. The van der Waals surface area contributed by atoms with Crippen LogP contribution in [0.15, 0.2) is 52.9 Å². The Labute approximate surface area is 152 Å². The lowest BCUT2D eigenvalue weighted by Gasteiger charge is -2.14. The number of para-hydroxylation sites is 1. The normalized spacial score (nSPS) is 13.7. The van der Waals surface area contributed by atoms with Gasteiger partial charge in [0.2, 0.25) is 0 Å². The summed E-state index contributed by atoms with van der Waals surface area (Å²) in [5.41, 5.74) is 2.73. The van der Waals surface area contributed by atoms with E-state index in [1.807, 2.05) is 24.3 Å². The maximum absolute atomic E-state index is 12.7. The van der Waals surface area contributed by atoms with Gasteiger partial charge in [-0.2, -0.15) is 0 Å². The fourth-order valence-corrected chi connectivity index (χ4v) is 3.60. The van der Waals surface area contributed by atoms with E-state index < -0.39 is 0 Å². The minimum Gasteiger partial charge on any atom is -0.461 e. The Kier molecular flexibility index (Phi) is 4.33. The van der Waals surface area contributed by atoms with Gasteiger partial charge in [0.05, 0.1) is 17.7 Å². The summed E-state index contributed by atoms with van der Waals surface area (Å²) in [6.45, 7) is 2.42. The van der Waals surface area contributed by atoms with Crippen molar-refractivity contribution >= 4 is 22.8 Å². The van der Waals surface area contributed by atoms with E-state index in [1.165, 1.54) is 4.90 Å². The predicted molar refractivity (Wildman–Crippen MR) is 100 cm³/mol. The first kappa shape index (κ1) is 16.6. The molecule has 0 saturated carbocycles. The molecule has 4 nitrogen and oxygen atoms in total. The van der Waals surface area contributed by atoms with Crippen LogP contribution in [-0.2, 0) is 13.0 Å². The van der Waals surface area contributed by atoms with Crippen molar-refractivity contribution in [2.75, 3.05) is 0 Å². The van der Waals surface area contributed by atoms with Crippen LogP contribution in [0.1, 0.15) is 58.2 Å². The minimum atomic E-state index is -0.226. The van der Waals surface area contributed by atoms with Crippen molar-refractivity contribution < 1.29 is 14.0 Å². The molecule has 0 radical (unpaired) electrons. The van der Waals surface area contributed by atoms with Crippen LogP contribution < -0.4 is 0 Å². The largest absolute Gasteiger partial charge is 0.461 e. The Morgan fingerprint density at radius 2 is 1.54 bits per heavy atom. The van der Waals surface area contributed by atoms with Crippen molar-refractivity contribution in [3.05, 3.63) is 71.0 Å². The zero-order chi connectivity index (χ0) is 18.1. The molecule has 0 fully saturated rings. The molecule has 0 spiro atoms. The van der Waals surface area contributed by atoms with Crippen LogP contribution in [0.5, 0.6) is 0 Å². The smallest absolute Gasteiger partial charge is 0.261 e. The highest BCUT2D eigenvalue weighted by atomic mass is 16.3. The van der Waals surface area contributed by atoms with Crippen LogP contribution in [0.4, 0.5) is 0 Å². The van der Waals surface area contributed by atoms with Gasteiger partial charge in [-0.25, -0.2) is 0 Å². The summed E-state index contributed by atoms with van der Waals surface area (Å²) in [4.78, 5) is 26.8. The van der Waals surface area contributed by atoms with Gasteiger partial charge in [0, 0.05) is 17.4 Å². The van der Waals surface area contributed by atoms with Crippen molar-refractivity contribution in [3.63, 3.8) is 0 Å². The Balaban J connectivity index is 1.70. The molecule has 2 heterocycles. The molecule has 1 aliphatic heterocycles.